The number of amides is 1. The first kappa shape index (κ1) is 22.4. The lowest BCUT2D eigenvalue weighted by atomic mass is 9.98. The number of aromatic nitrogens is 1. The summed E-state index contributed by atoms with van der Waals surface area (Å²) in [5.74, 6) is -0.945. The van der Waals surface area contributed by atoms with Crippen molar-refractivity contribution in [2.24, 2.45) is 0 Å². The van der Waals surface area contributed by atoms with Crippen molar-refractivity contribution in [3.05, 3.63) is 88.7 Å². The maximum atomic E-state index is 13.2. The van der Waals surface area contributed by atoms with Crippen LogP contribution in [0, 0.1) is 0 Å². The fraction of sp³-hybridized carbons (Fsp3) is 0.160. The number of methoxy groups -OCH3 is 1. The molecule has 1 saturated heterocycles. The minimum Gasteiger partial charge on any atom is -0.507 e. The van der Waals surface area contributed by atoms with Gasteiger partial charge in [0.2, 0.25) is 0 Å². The summed E-state index contributed by atoms with van der Waals surface area (Å²) in [7, 11) is 1.48. The van der Waals surface area contributed by atoms with E-state index < -0.39 is 23.5 Å². The van der Waals surface area contributed by atoms with Crippen molar-refractivity contribution in [3.63, 3.8) is 0 Å². The quantitative estimate of drug-likeness (QED) is 0.321. The average Bonchev–Trinajstić information content (AvgIpc) is 3.11. The number of halogens is 1. The molecule has 1 amide bonds. The summed E-state index contributed by atoms with van der Waals surface area (Å²) in [5, 5.41) is 11.4. The number of hydrogen-bond acceptors (Lipinski definition) is 6. The summed E-state index contributed by atoms with van der Waals surface area (Å²) in [6, 6.07) is 15.7. The maximum Gasteiger partial charge on any atom is 0.300 e. The predicted octanol–water partition coefficient (Wildman–Crippen LogP) is 4.77. The zero-order valence-electron chi connectivity index (χ0n) is 18.0. The van der Waals surface area contributed by atoms with Crippen molar-refractivity contribution in [2.75, 3.05) is 18.6 Å². The number of hydrogen-bond donors (Lipinski definition) is 1. The topological polar surface area (TPSA) is 89.0 Å². The van der Waals surface area contributed by atoms with Crippen LogP contribution >= 0.6 is 11.6 Å². The van der Waals surface area contributed by atoms with Crippen molar-refractivity contribution >= 4 is 34.7 Å². The summed E-state index contributed by atoms with van der Waals surface area (Å²) in [4.78, 5) is 32.0. The zero-order valence-corrected chi connectivity index (χ0v) is 18.7. The lowest BCUT2D eigenvalue weighted by Crippen LogP contribution is -2.29. The SMILES string of the molecule is CCOc1ccc(N2C(=O)C(=O)/C(=C(/O)c3cc(OC)ccc3Cl)C2c2ccccn2)cc1. The van der Waals surface area contributed by atoms with E-state index in [2.05, 4.69) is 4.98 Å². The van der Waals surface area contributed by atoms with Gasteiger partial charge in [0, 0.05) is 17.4 Å². The molecular weight excluding hydrogens is 444 g/mol. The molecule has 1 N–H and O–H groups in total. The van der Waals surface area contributed by atoms with Gasteiger partial charge in [-0.2, -0.15) is 0 Å². The Kier molecular flexibility index (Phi) is 6.33. The van der Waals surface area contributed by atoms with Crippen LogP contribution in [0.5, 0.6) is 11.5 Å². The first-order valence-corrected chi connectivity index (χ1v) is 10.6. The van der Waals surface area contributed by atoms with Crippen LogP contribution in [0.2, 0.25) is 5.02 Å². The Hall–Kier alpha value is -3.84. The molecule has 1 aliphatic rings. The molecule has 168 valence electrons. The van der Waals surface area contributed by atoms with E-state index in [4.69, 9.17) is 21.1 Å². The van der Waals surface area contributed by atoms with Crippen LogP contribution in [0.1, 0.15) is 24.2 Å². The third-order valence-corrected chi connectivity index (χ3v) is 5.60. The smallest absolute Gasteiger partial charge is 0.300 e. The second-order valence-corrected chi connectivity index (χ2v) is 7.60. The van der Waals surface area contributed by atoms with Gasteiger partial charge in [-0.1, -0.05) is 17.7 Å². The molecule has 2 heterocycles. The highest BCUT2D eigenvalue weighted by Gasteiger charge is 2.47. The number of Topliss-reactive ketones (excluding diaryl/α,β-unsaturated/α-hetero) is 1. The van der Waals surface area contributed by atoms with E-state index in [-0.39, 0.29) is 16.2 Å². The molecule has 1 aliphatic heterocycles. The van der Waals surface area contributed by atoms with E-state index in [1.807, 2.05) is 6.92 Å². The fourth-order valence-corrected chi connectivity index (χ4v) is 3.95. The van der Waals surface area contributed by atoms with Crippen molar-refractivity contribution < 1.29 is 24.2 Å². The molecular formula is C25H21ClN2O5. The molecule has 0 radical (unpaired) electrons. The predicted molar refractivity (Wildman–Crippen MR) is 125 cm³/mol. The van der Waals surface area contributed by atoms with Gasteiger partial charge < -0.3 is 14.6 Å². The normalized spacial score (nSPS) is 17.3. The second-order valence-electron chi connectivity index (χ2n) is 7.20. The third-order valence-electron chi connectivity index (χ3n) is 5.27. The van der Waals surface area contributed by atoms with Crippen LogP contribution in [0.25, 0.3) is 5.76 Å². The number of nitrogens with zero attached hydrogens (tertiary/aromatic N) is 2. The number of carbonyl (C=O) groups is 2. The molecule has 33 heavy (non-hydrogen) atoms. The number of benzene rings is 2. The van der Waals surface area contributed by atoms with Gasteiger partial charge in [0.25, 0.3) is 11.7 Å². The lowest BCUT2D eigenvalue weighted by Gasteiger charge is -2.24. The second kappa shape index (κ2) is 9.34. The Balaban J connectivity index is 1.91. The highest BCUT2D eigenvalue weighted by Crippen LogP contribution is 2.43. The zero-order chi connectivity index (χ0) is 23.5. The molecule has 1 unspecified atom stereocenters. The minimum atomic E-state index is -0.952. The van der Waals surface area contributed by atoms with Gasteiger partial charge in [0.15, 0.2) is 0 Å². The molecule has 8 heteroatoms. The molecule has 1 aromatic heterocycles. The molecule has 0 spiro atoms. The van der Waals surface area contributed by atoms with Crippen LogP contribution in [0.4, 0.5) is 5.69 Å². The Morgan fingerprint density at radius 2 is 1.82 bits per heavy atom. The van der Waals surface area contributed by atoms with Crippen molar-refractivity contribution in [2.45, 2.75) is 13.0 Å². The average molecular weight is 465 g/mol. The van der Waals surface area contributed by atoms with Crippen LogP contribution in [-0.2, 0) is 9.59 Å². The first-order valence-electron chi connectivity index (χ1n) is 10.2. The molecule has 0 bridgehead atoms. The number of ketones is 1. The summed E-state index contributed by atoms with van der Waals surface area (Å²) in [5.41, 5.74) is 0.961. The summed E-state index contributed by atoms with van der Waals surface area (Å²) < 4.78 is 10.7. The van der Waals surface area contributed by atoms with E-state index >= 15 is 0 Å². The van der Waals surface area contributed by atoms with Gasteiger partial charge in [-0.25, -0.2) is 0 Å². The minimum absolute atomic E-state index is 0.109. The van der Waals surface area contributed by atoms with Gasteiger partial charge >= 0.3 is 0 Å². The number of aliphatic hydroxyl groups excluding tert-OH is 1. The summed E-state index contributed by atoms with van der Waals surface area (Å²) in [6.07, 6.45) is 1.56. The van der Waals surface area contributed by atoms with E-state index in [1.165, 1.54) is 18.1 Å². The molecule has 2 aromatic carbocycles. The maximum absolute atomic E-state index is 13.2. The molecule has 4 rings (SSSR count). The number of anilines is 1. The number of ether oxygens (including phenoxy) is 2. The van der Waals surface area contributed by atoms with Crippen molar-refractivity contribution in [1.29, 1.82) is 0 Å². The number of carbonyl (C=O) groups excluding carboxylic acids is 2. The molecule has 0 aliphatic carbocycles. The third kappa shape index (κ3) is 4.15. The van der Waals surface area contributed by atoms with E-state index in [0.717, 1.165) is 0 Å². The molecule has 1 atom stereocenters. The Morgan fingerprint density at radius 3 is 2.45 bits per heavy atom. The highest BCUT2D eigenvalue weighted by molar-refractivity contribution is 6.52. The van der Waals surface area contributed by atoms with Gasteiger partial charge in [-0.15, -0.1) is 0 Å². The Morgan fingerprint density at radius 1 is 1.09 bits per heavy atom. The largest absolute Gasteiger partial charge is 0.507 e. The summed E-state index contributed by atoms with van der Waals surface area (Å²) in [6.45, 7) is 2.37. The van der Waals surface area contributed by atoms with E-state index in [0.29, 0.717) is 29.5 Å². The van der Waals surface area contributed by atoms with Crippen molar-refractivity contribution in [3.8, 4) is 11.5 Å². The fourth-order valence-electron chi connectivity index (χ4n) is 3.74. The molecule has 1 fully saturated rings. The van der Waals surface area contributed by atoms with Gasteiger partial charge in [0.1, 0.15) is 23.3 Å². The molecule has 3 aromatic rings. The van der Waals surface area contributed by atoms with E-state index in [9.17, 15) is 14.7 Å². The lowest BCUT2D eigenvalue weighted by molar-refractivity contribution is -0.132. The summed E-state index contributed by atoms with van der Waals surface area (Å²) >= 11 is 6.32. The van der Waals surface area contributed by atoms with Crippen LogP contribution < -0.4 is 14.4 Å². The van der Waals surface area contributed by atoms with Crippen molar-refractivity contribution in [1.82, 2.24) is 4.98 Å². The number of pyridine rings is 1. The van der Waals surface area contributed by atoms with Gasteiger partial charge in [-0.05, 0) is 61.5 Å². The first-order chi connectivity index (χ1) is 16.0. The van der Waals surface area contributed by atoms with Gasteiger partial charge in [-0.3, -0.25) is 19.5 Å². The molecule has 7 nitrogen and oxygen atoms in total. The van der Waals surface area contributed by atoms with Crippen LogP contribution in [-0.4, -0.2) is 35.5 Å². The number of rotatable bonds is 6. The number of aliphatic hydroxyl groups is 1. The Bertz CT molecular complexity index is 1230. The van der Waals surface area contributed by atoms with Crippen LogP contribution in [0.3, 0.4) is 0 Å². The van der Waals surface area contributed by atoms with Gasteiger partial charge in [0.05, 0.1) is 30.0 Å². The standard InChI is InChI=1S/C25H21ClN2O5/c1-3-33-16-9-7-15(8-10-16)28-22(20-6-4-5-13-27-20)21(24(30)25(28)31)23(29)18-14-17(32-2)11-12-19(18)26/h4-14,22,29H,3H2,1-2H3/b23-21+. The molecule has 0 saturated carbocycles. The monoisotopic (exact) mass is 464 g/mol. The van der Waals surface area contributed by atoms with E-state index in [1.54, 1.807) is 60.8 Å². The highest BCUT2D eigenvalue weighted by atomic mass is 35.5. The van der Waals surface area contributed by atoms with Crippen LogP contribution in [0.15, 0.2) is 72.4 Å². The Labute approximate surface area is 195 Å².